The summed E-state index contributed by atoms with van der Waals surface area (Å²) >= 11 is 0. The molecule has 3 aliphatic rings. The number of fused-ring (bicyclic) bond motifs is 1. The van der Waals surface area contributed by atoms with E-state index in [1.54, 1.807) is 13.3 Å². The highest BCUT2D eigenvalue weighted by molar-refractivity contribution is 6.03. The molecule has 1 aromatic carbocycles. The molecule has 0 bridgehead atoms. The molecule has 6 rings (SSSR count). The monoisotopic (exact) mass is 553 g/mol. The lowest BCUT2D eigenvalue weighted by atomic mass is 9.57. The van der Waals surface area contributed by atoms with Gasteiger partial charge in [-0.2, -0.15) is 5.26 Å². The second kappa shape index (κ2) is 10.7. The van der Waals surface area contributed by atoms with E-state index >= 15 is 0 Å². The van der Waals surface area contributed by atoms with Crippen molar-refractivity contribution in [1.29, 1.82) is 5.26 Å². The number of nitrogens with zero attached hydrogens (tertiary/aromatic N) is 6. The Kier molecular flexibility index (Phi) is 7.16. The summed E-state index contributed by atoms with van der Waals surface area (Å²) in [5.41, 5.74) is 3.49. The van der Waals surface area contributed by atoms with Gasteiger partial charge in [-0.1, -0.05) is 19.1 Å². The van der Waals surface area contributed by atoms with Crippen molar-refractivity contribution in [1.82, 2.24) is 24.6 Å². The number of nitrogens with one attached hydrogen (secondary N) is 1. The van der Waals surface area contributed by atoms with Gasteiger partial charge in [0, 0.05) is 32.2 Å². The number of carbonyl (C=O) groups is 1. The lowest BCUT2D eigenvalue weighted by Crippen LogP contribution is -2.44. The lowest BCUT2D eigenvalue weighted by Gasteiger charge is -2.46. The lowest BCUT2D eigenvalue weighted by molar-refractivity contribution is 0.0551. The smallest absolute Gasteiger partial charge is 0.274 e. The molecular weight excluding hydrogens is 514 g/mol. The average molecular weight is 554 g/mol. The van der Waals surface area contributed by atoms with Crippen LogP contribution in [0.4, 0.5) is 5.69 Å². The predicted octanol–water partition coefficient (Wildman–Crippen LogP) is 4.46. The van der Waals surface area contributed by atoms with Gasteiger partial charge in [0.05, 0.1) is 17.2 Å². The summed E-state index contributed by atoms with van der Waals surface area (Å²) in [6, 6.07) is 12.1. The number of hydrogen-bond acceptors (Lipinski definition) is 7. The molecule has 2 atom stereocenters. The first-order valence-corrected chi connectivity index (χ1v) is 14.8. The van der Waals surface area contributed by atoms with E-state index in [1.807, 2.05) is 35.9 Å². The number of likely N-dealkylation sites (tertiary alicyclic amines) is 1. The second-order valence-electron chi connectivity index (χ2n) is 12.8. The Hall–Kier alpha value is -3.61. The molecule has 1 saturated carbocycles. The van der Waals surface area contributed by atoms with Crippen LogP contribution >= 0.6 is 0 Å². The van der Waals surface area contributed by atoms with Crippen molar-refractivity contribution in [3.63, 3.8) is 0 Å². The van der Waals surface area contributed by atoms with Crippen LogP contribution in [0.25, 0.3) is 0 Å². The summed E-state index contributed by atoms with van der Waals surface area (Å²) < 4.78 is 1.94. The number of nitriles is 1. The van der Waals surface area contributed by atoms with Gasteiger partial charge in [0.15, 0.2) is 0 Å². The van der Waals surface area contributed by atoms with Gasteiger partial charge < -0.3 is 15.0 Å². The first kappa shape index (κ1) is 27.6. The largest absolute Gasteiger partial charge is 0.384 e. The molecule has 1 saturated heterocycles. The van der Waals surface area contributed by atoms with Crippen LogP contribution in [0.5, 0.6) is 0 Å². The van der Waals surface area contributed by atoms with Crippen molar-refractivity contribution in [2.45, 2.75) is 76.4 Å². The molecule has 214 valence electrons. The SMILES string of the molecule is C[C@H]1CCCN(Cc2cc(C(=O)Nc3cccc(C4(c5nncn5C)CC(CC#N)C4)c3)nc3c2CCC3(C)O)C1. The summed E-state index contributed by atoms with van der Waals surface area (Å²) in [6.45, 7) is 6.96. The van der Waals surface area contributed by atoms with Gasteiger partial charge in [0.1, 0.15) is 23.4 Å². The molecule has 1 unspecified atom stereocenters. The highest BCUT2D eigenvalue weighted by Gasteiger charge is 2.49. The molecule has 2 aliphatic carbocycles. The van der Waals surface area contributed by atoms with Crippen LogP contribution < -0.4 is 5.32 Å². The molecule has 41 heavy (non-hydrogen) atoms. The van der Waals surface area contributed by atoms with Crippen LogP contribution in [0.15, 0.2) is 36.7 Å². The quantitative estimate of drug-likeness (QED) is 0.443. The van der Waals surface area contributed by atoms with Crippen LogP contribution in [0.2, 0.25) is 0 Å². The molecule has 2 N–H and O–H groups in total. The molecule has 0 radical (unpaired) electrons. The van der Waals surface area contributed by atoms with Gasteiger partial charge in [0.25, 0.3) is 5.91 Å². The van der Waals surface area contributed by atoms with Crippen molar-refractivity contribution in [3.8, 4) is 6.07 Å². The zero-order chi connectivity index (χ0) is 28.8. The van der Waals surface area contributed by atoms with Crippen LogP contribution in [0.3, 0.4) is 0 Å². The van der Waals surface area contributed by atoms with Crippen molar-refractivity contribution in [3.05, 3.63) is 70.6 Å². The molecular formula is C32H39N7O2. The Morgan fingerprint density at radius 3 is 2.85 bits per heavy atom. The maximum absolute atomic E-state index is 13.7. The number of aromatic nitrogens is 4. The number of piperidine rings is 1. The third-order valence-corrected chi connectivity index (χ3v) is 9.42. The first-order valence-electron chi connectivity index (χ1n) is 14.8. The standard InChI is InChI=1S/C32H39N7O2/c1-21-6-5-13-39(18-21)19-23-14-27(36-28-26(23)9-11-31(28,2)41)29(40)35-25-8-4-7-24(15-25)32(16-22(17-32)10-12-33)30-37-34-20-38(30)3/h4,7-8,14-15,20-22,41H,5-6,9-11,13,16-19H2,1-3H3,(H,35,40)/t21-,22?,31?,32?/m0/s1. The summed E-state index contributed by atoms with van der Waals surface area (Å²) in [7, 11) is 1.94. The maximum atomic E-state index is 13.7. The highest BCUT2D eigenvalue weighted by atomic mass is 16.3. The van der Waals surface area contributed by atoms with Crippen molar-refractivity contribution >= 4 is 11.6 Å². The minimum atomic E-state index is -1.04. The molecule has 3 aromatic rings. The topological polar surface area (TPSA) is 120 Å². The molecule has 3 heterocycles. The zero-order valence-corrected chi connectivity index (χ0v) is 24.2. The number of pyridine rings is 1. The number of aryl methyl sites for hydroxylation is 1. The Morgan fingerprint density at radius 1 is 1.29 bits per heavy atom. The Bertz CT molecular complexity index is 1500. The van der Waals surface area contributed by atoms with E-state index in [1.165, 1.54) is 12.8 Å². The maximum Gasteiger partial charge on any atom is 0.274 e. The summed E-state index contributed by atoms with van der Waals surface area (Å²) in [5, 5.41) is 32.0. The fraction of sp³-hybridized carbons (Fsp3) is 0.531. The normalized spacial score (nSPS) is 27.6. The Labute approximate surface area is 241 Å². The van der Waals surface area contributed by atoms with Gasteiger partial charge >= 0.3 is 0 Å². The molecule has 2 aromatic heterocycles. The van der Waals surface area contributed by atoms with E-state index in [-0.39, 0.29) is 11.3 Å². The van der Waals surface area contributed by atoms with Crippen LogP contribution in [0.1, 0.15) is 91.1 Å². The molecule has 2 fully saturated rings. The van der Waals surface area contributed by atoms with Crippen molar-refractivity contribution in [2.24, 2.45) is 18.9 Å². The van der Waals surface area contributed by atoms with E-state index in [9.17, 15) is 15.2 Å². The minimum Gasteiger partial charge on any atom is -0.384 e. The van der Waals surface area contributed by atoms with E-state index in [2.05, 4.69) is 39.5 Å². The van der Waals surface area contributed by atoms with E-state index in [4.69, 9.17) is 4.98 Å². The van der Waals surface area contributed by atoms with Gasteiger partial charge in [0.2, 0.25) is 0 Å². The number of aliphatic hydroxyl groups is 1. The summed E-state index contributed by atoms with van der Waals surface area (Å²) in [5.74, 6) is 1.55. The minimum absolute atomic E-state index is 0.287. The van der Waals surface area contributed by atoms with Gasteiger partial charge in [-0.15, -0.1) is 10.2 Å². The van der Waals surface area contributed by atoms with Crippen molar-refractivity contribution in [2.75, 3.05) is 18.4 Å². The average Bonchev–Trinajstić information content (AvgIpc) is 3.48. The number of anilines is 1. The number of benzene rings is 1. The highest BCUT2D eigenvalue weighted by Crippen LogP contribution is 2.53. The van der Waals surface area contributed by atoms with Gasteiger partial charge in [-0.3, -0.25) is 9.69 Å². The zero-order valence-electron chi connectivity index (χ0n) is 24.2. The number of rotatable bonds is 7. The molecule has 1 aliphatic heterocycles. The summed E-state index contributed by atoms with van der Waals surface area (Å²) in [6.07, 6.45) is 7.66. The van der Waals surface area contributed by atoms with Crippen LogP contribution in [-0.4, -0.2) is 48.8 Å². The number of carbonyl (C=O) groups excluding carboxylic acids is 1. The van der Waals surface area contributed by atoms with E-state index in [0.29, 0.717) is 41.8 Å². The number of hydrogen-bond donors (Lipinski definition) is 2. The molecule has 9 nitrogen and oxygen atoms in total. The van der Waals surface area contributed by atoms with E-state index in [0.717, 1.165) is 61.4 Å². The summed E-state index contributed by atoms with van der Waals surface area (Å²) in [4.78, 5) is 20.8. The van der Waals surface area contributed by atoms with Gasteiger partial charge in [-0.25, -0.2) is 4.98 Å². The third-order valence-electron chi connectivity index (χ3n) is 9.42. The molecule has 9 heteroatoms. The predicted molar refractivity (Wildman–Crippen MR) is 155 cm³/mol. The van der Waals surface area contributed by atoms with Crippen LogP contribution in [0, 0.1) is 23.2 Å². The second-order valence-corrected chi connectivity index (χ2v) is 12.8. The van der Waals surface area contributed by atoms with Crippen molar-refractivity contribution < 1.29 is 9.90 Å². The number of amides is 1. The fourth-order valence-electron chi connectivity index (χ4n) is 7.32. The van der Waals surface area contributed by atoms with Gasteiger partial charge in [-0.05, 0) is 98.7 Å². The third kappa shape index (κ3) is 5.15. The van der Waals surface area contributed by atoms with E-state index < -0.39 is 5.60 Å². The van der Waals surface area contributed by atoms with Crippen LogP contribution in [-0.2, 0) is 31.0 Å². The Morgan fingerprint density at radius 2 is 2.12 bits per heavy atom. The molecule has 1 amide bonds. The molecule has 0 spiro atoms. The Balaban J connectivity index is 1.28. The first-order chi connectivity index (χ1) is 19.7. The fourth-order valence-corrected chi connectivity index (χ4v) is 7.32.